The maximum atomic E-state index is 12.8. The van der Waals surface area contributed by atoms with E-state index in [1.807, 2.05) is 13.8 Å². The van der Waals surface area contributed by atoms with Gasteiger partial charge in [-0.2, -0.15) is 4.80 Å². The SMILES string of the molecule is CCC1(C)NC(=O)C(C)(CC)N(Cc2nnn(C)n2)C1=O. The van der Waals surface area contributed by atoms with Crippen LogP contribution in [0.3, 0.4) is 0 Å². The van der Waals surface area contributed by atoms with E-state index in [-0.39, 0.29) is 18.4 Å². The Balaban J connectivity index is 2.39. The molecule has 2 unspecified atom stereocenters. The largest absolute Gasteiger partial charge is 0.340 e. The van der Waals surface area contributed by atoms with Gasteiger partial charge in [-0.3, -0.25) is 9.59 Å². The highest BCUT2D eigenvalue weighted by Crippen LogP contribution is 2.31. The number of nitrogens with zero attached hydrogens (tertiary/aromatic N) is 5. The van der Waals surface area contributed by atoms with Crippen LogP contribution in [0.4, 0.5) is 0 Å². The minimum atomic E-state index is -0.898. The third kappa shape index (κ3) is 2.38. The summed E-state index contributed by atoms with van der Waals surface area (Å²) in [6, 6.07) is 0. The van der Waals surface area contributed by atoms with Crippen molar-refractivity contribution in [1.29, 1.82) is 0 Å². The first-order valence-electron chi connectivity index (χ1n) is 7.14. The number of hydrogen-bond donors (Lipinski definition) is 1. The second-order valence-electron chi connectivity index (χ2n) is 5.85. The zero-order valence-corrected chi connectivity index (χ0v) is 13.2. The van der Waals surface area contributed by atoms with Gasteiger partial charge in [0.1, 0.15) is 11.1 Å². The second kappa shape index (κ2) is 5.09. The number of aromatic nitrogens is 4. The van der Waals surface area contributed by atoms with Gasteiger partial charge in [-0.25, -0.2) is 0 Å². The molecular formula is C13H22N6O2. The third-order valence-electron chi connectivity index (χ3n) is 4.44. The lowest BCUT2D eigenvalue weighted by atomic mass is 9.84. The standard InChI is InChI=1S/C13H22N6O2/c1-6-12(3)11(21)19(8-9-15-17-18(5)16-9)13(4,7-2)10(20)14-12/h6-8H2,1-5H3,(H,14,20). The van der Waals surface area contributed by atoms with Crippen molar-refractivity contribution >= 4 is 11.8 Å². The Morgan fingerprint density at radius 3 is 2.33 bits per heavy atom. The quantitative estimate of drug-likeness (QED) is 0.844. The minimum absolute atomic E-state index is 0.110. The van der Waals surface area contributed by atoms with Gasteiger partial charge in [0.15, 0.2) is 5.82 Å². The number of hydrogen-bond acceptors (Lipinski definition) is 5. The number of tetrazole rings is 1. The first kappa shape index (κ1) is 15.4. The van der Waals surface area contributed by atoms with E-state index in [4.69, 9.17) is 0 Å². The molecule has 8 nitrogen and oxygen atoms in total. The van der Waals surface area contributed by atoms with Crippen molar-refractivity contribution in [2.75, 3.05) is 0 Å². The zero-order valence-electron chi connectivity index (χ0n) is 13.2. The number of amides is 2. The molecule has 0 spiro atoms. The first-order chi connectivity index (χ1) is 9.76. The van der Waals surface area contributed by atoms with Crippen molar-refractivity contribution in [3.8, 4) is 0 Å². The summed E-state index contributed by atoms with van der Waals surface area (Å²) in [7, 11) is 1.66. The van der Waals surface area contributed by atoms with Crippen molar-refractivity contribution in [1.82, 2.24) is 30.4 Å². The van der Waals surface area contributed by atoms with E-state index in [1.165, 1.54) is 4.80 Å². The Bertz CT molecular complexity index is 571. The molecule has 2 heterocycles. The lowest BCUT2D eigenvalue weighted by Gasteiger charge is -2.49. The lowest BCUT2D eigenvalue weighted by molar-refractivity contribution is -0.163. The van der Waals surface area contributed by atoms with Gasteiger partial charge in [0, 0.05) is 0 Å². The van der Waals surface area contributed by atoms with Crippen LogP contribution in [0.15, 0.2) is 0 Å². The second-order valence-corrected chi connectivity index (χ2v) is 5.85. The summed E-state index contributed by atoms with van der Waals surface area (Å²) in [6.07, 6.45) is 1.05. The molecule has 116 valence electrons. The summed E-state index contributed by atoms with van der Waals surface area (Å²) in [6.45, 7) is 7.47. The zero-order chi connectivity index (χ0) is 15.8. The fourth-order valence-electron chi connectivity index (χ4n) is 2.45. The van der Waals surface area contributed by atoms with Crippen LogP contribution in [0.25, 0.3) is 0 Å². The predicted octanol–water partition coefficient (Wildman–Crippen LogP) is 0.00590. The third-order valence-corrected chi connectivity index (χ3v) is 4.44. The van der Waals surface area contributed by atoms with Crippen molar-refractivity contribution in [3.05, 3.63) is 5.82 Å². The molecule has 21 heavy (non-hydrogen) atoms. The van der Waals surface area contributed by atoms with Crippen LogP contribution < -0.4 is 5.32 Å². The van der Waals surface area contributed by atoms with E-state index in [9.17, 15) is 9.59 Å². The summed E-state index contributed by atoms with van der Waals surface area (Å²) in [5.74, 6) is 0.179. The highest BCUT2D eigenvalue weighted by atomic mass is 16.2. The van der Waals surface area contributed by atoms with E-state index in [0.29, 0.717) is 18.7 Å². The Kier molecular flexibility index (Phi) is 3.73. The molecule has 2 atom stereocenters. The monoisotopic (exact) mass is 294 g/mol. The molecule has 8 heteroatoms. The van der Waals surface area contributed by atoms with E-state index in [1.54, 1.807) is 25.8 Å². The van der Waals surface area contributed by atoms with Crippen LogP contribution in [0.5, 0.6) is 0 Å². The molecule has 1 aliphatic rings. The van der Waals surface area contributed by atoms with Crippen molar-refractivity contribution in [3.63, 3.8) is 0 Å². The van der Waals surface area contributed by atoms with Crippen molar-refractivity contribution in [2.45, 2.75) is 58.2 Å². The van der Waals surface area contributed by atoms with Crippen molar-refractivity contribution in [2.24, 2.45) is 7.05 Å². The Hall–Kier alpha value is -1.99. The normalized spacial score (nSPS) is 29.7. The maximum Gasteiger partial charge on any atom is 0.249 e. The predicted molar refractivity (Wildman–Crippen MR) is 74.9 cm³/mol. The molecule has 1 aromatic heterocycles. The van der Waals surface area contributed by atoms with Gasteiger partial charge in [-0.15, -0.1) is 10.2 Å². The van der Waals surface area contributed by atoms with Crippen LogP contribution in [0, 0.1) is 0 Å². The van der Waals surface area contributed by atoms with Gasteiger partial charge in [0.05, 0.1) is 13.6 Å². The number of aryl methyl sites for hydroxylation is 1. The van der Waals surface area contributed by atoms with Gasteiger partial charge in [-0.05, 0) is 31.9 Å². The van der Waals surface area contributed by atoms with Crippen LogP contribution in [-0.4, -0.2) is 48.0 Å². The Morgan fingerprint density at radius 2 is 1.86 bits per heavy atom. The van der Waals surface area contributed by atoms with E-state index < -0.39 is 11.1 Å². The average Bonchev–Trinajstić information content (AvgIpc) is 2.87. The minimum Gasteiger partial charge on any atom is -0.340 e. The summed E-state index contributed by atoms with van der Waals surface area (Å²) in [5.41, 5.74) is -1.78. The van der Waals surface area contributed by atoms with E-state index in [0.717, 1.165) is 0 Å². The Morgan fingerprint density at radius 1 is 1.19 bits per heavy atom. The molecular weight excluding hydrogens is 272 g/mol. The highest BCUT2D eigenvalue weighted by molar-refractivity contribution is 6.01. The van der Waals surface area contributed by atoms with Crippen LogP contribution in [0.1, 0.15) is 46.4 Å². The molecule has 1 fully saturated rings. The van der Waals surface area contributed by atoms with Gasteiger partial charge in [0.25, 0.3) is 0 Å². The molecule has 0 saturated carbocycles. The lowest BCUT2D eigenvalue weighted by Crippen LogP contribution is -2.73. The van der Waals surface area contributed by atoms with E-state index in [2.05, 4.69) is 20.7 Å². The molecule has 0 radical (unpaired) electrons. The molecule has 1 aliphatic heterocycles. The van der Waals surface area contributed by atoms with Crippen LogP contribution in [0.2, 0.25) is 0 Å². The highest BCUT2D eigenvalue weighted by Gasteiger charge is 2.53. The number of nitrogens with one attached hydrogen (secondary N) is 1. The van der Waals surface area contributed by atoms with Crippen LogP contribution >= 0.6 is 0 Å². The smallest absolute Gasteiger partial charge is 0.249 e. The molecule has 2 rings (SSSR count). The molecule has 0 aliphatic carbocycles. The van der Waals surface area contributed by atoms with Gasteiger partial charge in [-0.1, -0.05) is 13.8 Å². The average molecular weight is 294 g/mol. The van der Waals surface area contributed by atoms with Gasteiger partial charge < -0.3 is 10.2 Å². The summed E-state index contributed by atoms with van der Waals surface area (Å²) < 4.78 is 0. The fourth-order valence-corrected chi connectivity index (χ4v) is 2.45. The van der Waals surface area contributed by atoms with E-state index >= 15 is 0 Å². The number of carbonyl (C=O) groups excluding carboxylic acids is 2. The molecule has 1 saturated heterocycles. The van der Waals surface area contributed by atoms with Crippen molar-refractivity contribution < 1.29 is 9.59 Å². The molecule has 0 aromatic carbocycles. The molecule has 0 bridgehead atoms. The number of piperazine rings is 1. The van der Waals surface area contributed by atoms with Gasteiger partial charge >= 0.3 is 0 Å². The number of carbonyl (C=O) groups is 2. The Labute approximate surface area is 123 Å². The summed E-state index contributed by atoms with van der Waals surface area (Å²) >= 11 is 0. The maximum absolute atomic E-state index is 12.8. The van der Waals surface area contributed by atoms with Crippen LogP contribution in [-0.2, 0) is 23.2 Å². The molecule has 2 amide bonds. The first-order valence-corrected chi connectivity index (χ1v) is 7.14. The van der Waals surface area contributed by atoms with Gasteiger partial charge in [0.2, 0.25) is 11.8 Å². The summed E-state index contributed by atoms with van der Waals surface area (Å²) in [5, 5.41) is 14.7. The molecule has 1 aromatic rings. The number of rotatable bonds is 4. The fraction of sp³-hybridized carbons (Fsp3) is 0.769. The summed E-state index contributed by atoms with van der Waals surface area (Å²) in [4.78, 5) is 28.3. The molecule has 1 N–H and O–H groups in total. The topological polar surface area (TPSA) is 93.0 Å².